The van der Waals surface area contributed by atoms with Gasteiger partial charge in [0.15, 0.2) is 0 Å². The van der Waals surface area contributed by atoms with Gasteiger partial charge in [0.25, 0.3) is 11.8 Å². The summed E-state index contributed by atoms with van der Waals surface area (Å²) < 4.78 is 43.8. The number of carbonyl (C=O) groups is 3. The third-order valence-electron chi connectivity index (χ3n) is 7.38. The van der Waals surface area contributed by atoms with Gasteiger partial charge in [-0.2, -0.15) is 13.2 Å². The van der Waals surface area contributed by atoms with Crippen molar-refractivity contribution in [3.05, 3.63) is 89.5 Å². The zero-order valence-electron chi connectivity index (χ0n) is 22.8. The Bertz CT molecular complexity index is 1430. The molecular formula is C31H30F3N3O4. The summed E-state index contributed by atoms with van der Waals surface area (Å²) in [5, 5.41) is 5.89. The Balaban J connectivity index is 1.09. The summed E-state index contributed by atoms with van der Waals surface area (Å²) in [6.45, 7) is 6.55. The minimum absolute atomic E-state index is 0.00586. The van der Waals surface area contributed by atoms with E-state index in [1.54, 1.807) is 53.4 Å². The molecule has 3 aromatic carbocycles. The summed E-state index contributed by atoms with van der Waals surface area (Å²) in [7, 11) is 0. The highest BCUT2D eigenvalue weighted by Crippen LogP contribution is 2.46. The predicted molar refractivity (Wildman–Crippen MR) is 147 cm³/mol. The molecule has 214 valence electrons. The van der Waals surface area contributed by atoms with E-state index in [1.807, 2.05) is 20.8 Å². The van der Waals surface area contributed by atoms with Gasteiger partial charge in [-0.25, -0.2) is 0 Å². The first kappa shape index (κ1) is 28.2. The molecule has 1 saturated carbocycles. The molecule has 3 amide bonds. The SMILES string of the molecule is CC(C)(C)C(=O)Nc1ccc(C(=O)NC2[C@H]3CN(C(=O)c4ccc(Oc5ccc(C(F)(F)F)cc5)cc4)C[C@@H]23)cc1. The lowest BCUT2D eigenvalue weighted by Crippen LogP contribution is -2.37. The number of amides is 3. The summed E-state index contributed by atoms with van der Waals surface area (Å²) in [4.78, 5) is 39.6. The van der Waals surface area contributed by atoms with Gasteiger partial charge >= 0.3 is 6.18 Å². The molecular weight excluding hydrogens is 535 g/mol. The maximum Gasteiger partial charge on any atom is 0.416 e. The average Bonchev–Trinajstić information content (AvgIpc) is 3.34. The van der Waals surface area contributed by atoms with Gasteiger partial charge < -0.3 is 20.3 Å². The number of likely N-dealkylation sites (tertiary alicyclic amines) is 1. The predicted octanol–water partition coefficient (Wildman–Crippen LogP) is 5.98. The van der Waals surface area contributed by atoms with Crippen molar-refractivity contribution in [1.29, 1.82) is 0 Å². The molecule has 0 radical (unpaired) electrons. The number of benzene rings is 3. The Hall–Kier alpha value is -4.34. The standard InChI is InChI=1S/C31H30F3N3O4/c1-30(2,3)29(40)35-21-10-4-18(5-11-21)27(38)36-26-24-16-37(17-25(24)26)28(39)19-6-12-22(13-7-19)41-23-14-8-20(9-15-23)31(32,33)34/h4-15,24-26H,16-17H2,1-3H3,(H,35,40)(H,36,38)/t24-,25+,26?. The molecule has 1 saturated heterocycles. The van der Waals surface area contributed by atoms with Crippen molar-refractivity contribution in [3.8, 4) is 11.5 Å². The first-order valence-corrected chi connectivity index (χ1v) is 13.3. The molecule has 0 bridgehead atoms. The molecule has 1 aliphatic carbocycles. The number of rotatable bonds is 6. The highest BCUT2D eigenvalue weighted by atomic mass is 19.4. The topological polar surface area (TPSA) is 87.7 Å². The van der Waals surface area contributed by atoms with Gasteiger partial charge in [0.1, 0.15) is 11.5 Å². The molecule has 0 aromatic heterocycles. The molecule has 1 heterocycles. The third-order valence-corrected chi connectivity index (χ3v) is 7.38. The van der Waals surface area contributed by atoms with E-state index in [2.05, 4.69) is 10.6 Å². The number of anilines is 1. The van der Waals surface area contributed by atoms with Crippen LogP contribution in [0, 0.1) is 17.3 Å². The van der Waals surface area contributed by atoms with E-state index in [1.165, 1.54) is 12.1 Å². The van der Waals surface area contributed by atoms with E-state index in [4.69, 9.17) is 4.74 Å². The van der Waals surface area contributed by atoms with Crippen molar-refractivity contribution in [2.24, 2.45) is 17.3 Å². The minimum atomic E-state index is -4.41. The lowest BCUT2D eigenvalue weighted by atomic mass is 9.95. The Morgan fingerprint density at radius 1 is 0.780 bits per heavy atom. The van der Waals surface area contributed by atoms with Crippen molar-refractivity contribution < 1.29 is 32.3 Å². The molecule has 1 unspecified atom stereocenters. The molecule has 5 rings (SSSR count). The fourth-order valence-corrected chi connectivity index (χ4v) is 4.86. The van der Waals surface area contributed by atoms with E-state index in [9.17, 15) is 27.6 Å². The number of halogens is 3. The summed E-state index contributed by atoms with van der Waals surface area (Å²) in [5.74, 6) is 0.606. The monoisotopic (exact) mass is 565 g/mol. The van der Waals surface area contributed by atoms with Crippen LogP contribution in [-0.4, -0.2) is 41.8 Å². The Morgan fingerprint density at radius 3 is 1.80 bits per heavy atom. The highest BCUT2D eigenvalue weighted by Gasteiger charge is 2.57. The first-order chi connectivity index (χ1) is 19.3. The van der Waals surface area contributed by atoms with Crippen molar-refractivity contribution in [2.45, 2.75) is 33.0 Å². The van der Waals surface area contributed by atoms with Crippen LogP contribution in [0.25, 0.3) is 0 Å². The van der Waals surface area contributed by atoms with Crippen LogP contribution in [0.1, 0.15) is 47.1 Å². The molecule has 3 atom stereocenters. The fraction of sp³-hybridized carbons (Fsp3) is 0.323. The van der Waals surface area contributed by atoms with Crippen LogP contribution in [0.2, 0.25) is 0 Å². The lowest BCUT2D eigenvalue weighted by Gasteiger charge is -2.20. The van der Waals surface area contributed by atoms with Gasteiger partial charge in [0.05, 0.1) is 5.56 Å². The first-order valence-electron chi connectivity index (χ1n) is 13.3. The number of alkyl halides is 3. The van der Waals surface area contributed by atoms with Crippen molar-refractivity contribution >= 4 is 23.4 Å². The summed E-state index contributed by atoms with van der Waals surface area (Å²) in [6, 6.07) is 17.6. The van der Waals surface area contributed by atoms with E-state index in [0.717, 1.165) is 12.1 Å². The van der Waals surface area contributed by atoms with Crippen molar-refractivity contribution in [2.75, 3.05) is 18.4 Å². The van der Waals surface area contributed by atoms with Gasteiger partial charge in [-0.1, -0.05) is 20.8 Å². The number of fused-ring (bicyclic) bond motifs is 1. The number of carbonyl (C=O) groups excluding carboxylic acids is 3. The normalized spacial score (nSPS) is 19.8. The molecule has 2 fully saturated rings. The third kappa shape index (κ3) is 6.37. The molecule has 1 aliphatic heterocycles. The summed E-state index contributed by atoms with van der Waals surface area (Å²) >= 11 is 0. The van der Waals surface area contributed by atoms with Crippen LogP contribution in [0.5, 0.6) is 11.5 Å². The van der Waals surface area contributed by atoms with Gasteiger partial charge in [0, 0.05) is 53.2 Å². The Morgan fingerprint density at radius 2 is 1.29 bits per heavy atom. The van der Waals surface area contributed by atoms with Crippen LogP contribution < -0.4 is 15.4 Å². The number of nitrogens with zero attached hydrogens (tertiary/aromatic N) is 1. The molecule has 2 aliphatic rings. The molecule has 0 spiro atoms. The number of hydrogen-bond acceptors (Lipinski definition) is 4. The fourth-order valence-electron chi connectivity index (χ4n) is 4.86. The minimum Gasteiger partial charge on any atom is -0.457 e. The number of nitrogens with one attached hydrogen (secondary N) is 2. The largest absolute Gasteiger partial charge is 0.457 e. The van der Waals surface area contributed by atoms with Crippen LogP contribution in [0.4, 0.5) is 18.9 Å². The second kappa shape index (κ2) is 10.6. The van der Waals surface area contributed by atoms with Gasteiger partial charge in [-0.3, -0.25) is 14.4 Å². The second-order valence-electron chi connectivity index (χ2n) is 11.5. The van der Waals surface area contributed by atoms with E-state index < -0.39 is 17.2 Å². The zero-order chi connectivity index (χ0) is 29.5. The molecule has 2 N–H and O–H groups in total. The van der Waals surface area contributed by atoms with Gasteiger partial charge in [-0.15, -0.1) is 0 Å². The Labute approximate surface area is 235 Å². The number of hydrogen-bond donors (Lipinski definition) is 2. The van der Waals surface area contributed by atoms with Crippen molar-refractivity contribution in [1.82, 2.24) is 10.2 Å². The summed E-state index contributed by atoms with van der Waals surface area (Å²) in [5.41, 5.74) is 0.317. The zero-order valence-corrected chi connectivity index (χ0v) is 22.8. The Kier molecular flexibility index (Phi) is 7.27. The van der Waals surface area contributed by atoms with Crippen LogP contribution in [0.3, 0.4) is 0 Å². The van der Waals surface area contributed by atoms with Crippen molar-refractivity contribution in [3.63, 3.8) is 0 Å². The lowest BCUT2D eigenvalue weighted by molar-refractivity contribution is -0.137. The van der Waals surface area contributed by atoms with E-state index >= 15 is 0 Å². The maximum atomic E-state index is 13.0. The number of piperidine rings is 1. The molecule has 41 heavy (non-hydrogen) atoms. The highest BCUT2D eigenvalue weighted by molar-refractivity contribution is 5.97. The van der Waals surface area contributed by atoms with Crippen LogP contribution >= 0.6 is 0 Å². The van der Waals surface area contributed by atoms with Gasteiger partial charge in [0.2, 0.25) is 5.91 Å². The smallest absolute Gasteiger partial charge is 0.416 e. The second-order valence-corrected chi connectivity index (χ2v) is 11.5. The average molecular weight is 566 g/mol. The van der Waals surface area contributed by atoms with Crippen LogP contribution in [0.15, 0.2) is 72.8 Å². The molecule has 3 aromatic rings. The van der Waals surface area contributed by atoms with E-state index in [0.29, 0.717) is 35.7 Å². The van der Waals surface area contributed by atoms with Gasteiger partial charge in [-0.05, 0) is 72.8 Å². The summed E-state index contributed by atoms with van der Waals surface area (Å²) in [6.07, 6.45) is -4.41. The maximum absolute atomic E-state index is 13.0. The van der Waals surface area contributed by atoms with Crippen LogP contribution in [-0.2, 0) is 11.0 Å². The molecule has 10 heteroatoms. The van der Waals surface area contributed by atoms with E-state index in [-0.39, 0.29) is 41.3 Å². The quantitative estimate of drug-likeness (QED) is 0.385. The molecule has 7 nitrogen and oxygen atoms in total. The number of ether oxygens (including phenoxy) is 1.